The SMILES string of the molecule is CCCCCc1c(C)n(Cc2ccccc2)c(=O)n1Cc1ccc(-c2cnccc2-c2nn[nH]n2)cc1. The fraction of sp³-hybridized carbons (Fsp3) is 0.276. The molecule has 0 saturated carbocycles. The number of nitrogens with zero attached hydrogens (tertiary/aromatic N) is 6. The Bertz CT molecular complexity index is 1500. The first-order chi connectivity index (χ1) is 18.2. The molecule has 5 aromatic rings. The number of imidazole rings is 1. The highest BCUT2D eigenvalue weighted by Crippen LogP contribution is 2.29. The molecule has 5 rings (SSSR count). The molecule has 0 saturated heterocycles. The molecule has 0 amide bonds. The normalized spacial score (nSPS) is 11.2. The van der Waals surface area contributed by atoms with Gasteiger partial charge in [0, 0.05) is 34.9 Å². The van der Waals surface area contributed by atoms with Gasteiger partial charge in [-0.2, -0.15) is 5.21 Å². The number of H-pyrrole nitrogens is 1. The van der Waals surface area contributed by atoms with E-state index in [1.54, 1.807) is 6.20 Å². The van der Waals surface area contributed by atoms with Crippen LogP contribution in [0.1, 0.15) is 48.7 Å². The topological polar surface area (TPSA) is 94.3 Å². The van der Waals surface area contributed by atoms with Crippen molar-refractivity contribution in [2.45, 2.75) is 52.6 Å². The number of benzene rings is 2. The number of tetrazole rings is 1. The number of pyridine rings is 1. The number of aromatic amines is 1. The molecule has 0 spiro atoms. The summed E-state index contributed by atoms with van der Waals surface area (Å²) in [5, 5.41) is 14.4. The van der Waals surface area contributed by atoms with Gasteiger partial charge in [-0.3, -0.25) is 14.1 Å². The minimum atomic E-state index is 0.0450. The van der Waals surface area contributed by atoms with Gasteiger partial charge in [0.2, 0.25) is 5.82 Å². The van der Waals surface area contributed by atoms with Gasteiger partial charge in [0.1, 0.15) is 0 Å². The van der Waals surface area contributed by atoms with Gasteiger partial charge in [-0.05, 0) is 47.7 Å². The molecule has 0 aliphatic heterocycles. The molecule has 0 fully saturated rings. The van der Waals surface area contributed by atoms with Crippen molar-refractivity contribution in [3.05, 3.63) is 106 Å². The van der Waals surface area contributed by atoms with E-state index in [0.717, 1.165) is 64.9 Å². The van der Waals surface area contributed by atoms with Gasteiger partial charge < -0.3 is 0 Å². The van der Waals surface area contributed by atoms with Crippen LogP contribution < -0.4 is 5.69 Å². The lowest BCUT2D eigenvalue weighted by atomic mass is 10.0. The molecule has 0 aliphatic carbocycles. The van der Waals surface area contributed by atoms with E-state index in [4.69, 9.17) is 0 Å². The lowest BCUT2D eigenvalue weighted by Crippen LogP contribution is -2.26. The molecule has 37 heavy (non-hydrogen) atoms. The van der Waals surface area contributed by atoms with Crippen molar-refractivity contribution in [3.63, 3.8) is 0 Å². The van der Waals surface area contributed by atoms with E-state index >= 15 is 0 Å². The Balaban J connectivity index is 1.45. The van der Waals surface area contributed by atoms with Gasteiger partial charge in [0.25, 0.3) is 0 Å². The first-order valence-corrected chi connectivity index (χ1v) is 12.8. The molecular weight excluding hydrogens is 462 g/mol. The Morgan fingerprint density at radius 1 is 0.865 bits per heavy atom. The molecule has 0 unspecified atom stereocenters. The highest BCUT2D eigenvalue weighted by atomic mass is 16.1. The van der Waals surface area contributed by atoms with Crippen LogP contribution >= 0.6 is 0 Å². The Morgan fingerprint density at radius 2 is 1.62 bits per heavy atom. The van der Waals surface area contributed by atoms with Crippen LogP contribution in [0, 0.1) is 6.92 Å². The number of hydrogen-bond donors (Lipinski definition) is 1. The number of nitrogens with one attached hydrogen (secondary N) is 1. The average molecular weight is 494 g/mol. The van der Waals surface area contributed by atoms with Crippen LogP contribution in [0.15, 0.2) is 77.9 Å². The van der Waals surface area contributed by atoms with Crippen LogP contribution in [0.4, 0.5) is 0 Å². The van der Waals surface area contributed by atoms with E-state index in [1.165, 1.54) is 0 Å². The average Bonchev–Trinajstić information content (AvgIpc) is 3.55. The Kier molecular flexibility index (Phi) is 7.35. The third kappa shape index (κ3) is 5.28. The van der Waals surface area contributed by atoms with Crippen molar-refractivity contribution in [1.82, 2.24) is 34.7 Å². The van der Waals surface area contributed by atoms with Crippen LogP contribution in [0.3, 0.4) is 0 Å². The largest absolute Gasteiger partial charge is 0.329 e. The van der Waals surface area contributed by atoms with Crippen molar-refractivity contribution in [2.24, 2.45) is 0 Å². The van der Waals surface area contributed by atoms with Crippen molar-refractivity contribution >= 4 is 0 Å². The van der Waals surface area contributed by atoms with Gasteiger partial charge in [-0.25, -0.2) is 4.79 Å². The summed E-state index contributed by atoms with van der Waals surface area (Å²) < 4.78 is 3.87. The third-order valence-corrected chi connectivity index (χ3v) is 6.82. The van der Waals surface area contributed by atoms with Gasteiger partial charge in [0.15, 0.2) is 0 Å². The van der Waals surface area contributed by atoms with Gasteiger partial charge in [0.05, 0.1) is 13.1 Å². The maximum Gasteiger partial charge on any atom is 0.329 e. The first-order valence-electron chi connectivity index (χ1n) is 12.8. The molecule has 8 heteroatoms. The molecule has 8 nitrogen and oxygen atoms in total. The van der Waals surface area contributed by atoms with E-state index in [1.807, 2.05) is 39.6 Å². The number of unbranched alkanes of at least 4 members (excludes halogenated alkanes) is 2. The van der Waals surface area contributed by atoms with Crippen LogP contribution in [-0.2, 0) is 19.5 Å². The molecule has 0 aliphatic rings. The van der Waals surface area contributed by atoms with E-state index < -0.39 is 0 Å². The van der Waals surface area contributed by atoms with Crippen molar-refractivity contribution in [2.75, 3.05) is 0 Å². The zero-order valence-electron chi connectivity index (χ0n) is 21.3. The summed E-state index contributed by atoms with van der Waals surface area (Å²) in [7, 11) is 0. The molecule has 0 bridgehead atoms. The van der Waals surface area contributed by atoms with E-state index in [2.05, 4.69) is 75.9 Å². The van der Waals surface area contributed by atoms with Crippen LogP contribution in [0.25, 0.3) is 22.5 Å². The first kappa shape index (κ1) is 24.4. The van der Waals surface area contributed by atoms with Crippen LogP contribution in [-0.4, -0.2) is 34.7 Å². The Morgan fingerprint density at radius 3 is 2.35 bits per heavy atom. The third-order valence-electron chi connectivity index (χ3n) is 6.82. The molecular formula is C29H31N7O. The maximum atomic E-state index is 13.6. The Hall–Kier alpha value is -4.33. The molecule has 0 atom stereocenters. The quantitative estimate of drug-likeness (QED) is 0.275. The monoisotopic (exact) mass is 493 g/mol. The summed E-state index contributed by atoms with van der Waals surface area (Å²) in [6.45, 7) is 5.40. The van der Waals surface area contributed by atoms with Crippen LogP contribution in [0.5, 0.6) is 0 Å². The van der Waals surface area contributed by atoms with Gasteiger partial charge in [-0.1, -0.05) is 74.4 Å². The molecule has 2 aromatic carbocycles. The predicted molar refractivity (Wildman–Crippen MR) is 144 cm³/mol. The second kappa shape index (κ2) is 11.2. The van der Waals surface area contributed by atoms with E-state index in [9.17, 15) is 4.79 Å². The smallest absolute Gasteiger partial charge is 0.292 e. The Labute approximate surface area is 216 Å². The number of aromatic nitrogens is 7. The summed E-state index contributed by atoms with van der Waals surface area (Å²) in [5.41, 5.74) is 7.23. The van der Waals surface area contributed by atoms with Crippen LogP contribution in [0.2, 0.25) is 0 Å². The fourth-order valence-corrected chi connectivity index (χ4v) is 4.80. The number of rotatable bonds is 10. The van der Waals surface area contributed by atoms with Gasteiger partial charge in [-0.15, -0.1) is 10.2 Å². The zero-order valence-corrected chi connectivity index (χ0v) is 21.3. The zero-order chi connectivity index (χ0) is 25.6. The lowest BCUT2D eigenvalue weighted by Gasteiger charge is -2.10. The maximum absolute atomic E-state index is 13.6. The summed E-state index contributed by atoms with van der Waals surface area (Å²) in [5.74, 6) is 0.528. The summed E-state index contributed by atoms with van der Waals surface area (Å²) in [6, 6.07) is 20.3. The van der Waals surface area contributed by atoms with Crippen molar-refractivity contribution in [1.29, 1.82) is 0 Å². The minimum Gasteiger partial charge on any atom is -0.292 e. The van der Waals surface area contributed by atoms with E-state index in [0.29, 0.717) is 18.9 Å². The number of hydrogen-bond acceptors (Lipinski definition) is 5. The molecule has 0 radical (unpaired) electrons. The predicted octanol–water partition coefficient (Wildman–Crippen LogP) is 5.03. The molecule has 3 heterocycles. The second-order valence-electron chi connectivity index (χ2n) is 9.28. The molecule has 3 aromatic heterocycles. The van der Waals surface area contributed by atoms with E-state index in [-0.39, 0.29) is 5.69 Å². The highest BCUT2D eigenvalue weighted by molar-refractivity contribution is 5.79. The summed E-state index contributed by atoms with van der Waals surface area (Å²) in [6.07, 6.45) is 7.81. The second-order valence-corrected chi connectivity index (χ2v) is 9.28. The minimum absolute atomic E-state index is 0.0450. The molecule has 188 valence electrons. The summed E-state index contributed by atoms with van der Waals surface area (Å²) >= 11 is 0. The fourth-order valence-electron chi connectivity index (χ4n) is 4.80. The highest BCUT2D eigenvalue weighted by Gasteiger charge is 2.18. The molecule has 1 N–H and O–H groups in total. The van der Waals surface area contributed by atoms with Crippen molar-refractivity contribution < 1.29 is 0 Å². The summed E-state index contributed by atoms with van der Waals surface area (Å²) in [4.78, 5) is 17.9. The lowest BCUT2D eigenvalue weighted by molar-refractivity contribution is 0.643. The van der Waals surface area contributed by atoms with Gasteiger partial charge >= 0.3 is 5.69 Å². The van der Waals surface area contributed by atoms with Crippen molar-refractivity contribution in [3.8, 4) is 22.5 Å². The standard InChI is InChI=1S/C29H31N7O/c1-3-4-6-11-27-21(2)35(19-22-9-7-5-8-10-22)29(37)36(27)20-23-12-14-24(15-13-23)26-18-30-17-16-25(26)28-31-33-34-32-28/h5,7-10,12-18H,3-4,6,11,19-20H2,1-2H3,(H,31,32,33,34).